The van der Waals surface area contributed by atoms with Gasteiger partial charge in [-0.05, 0) is 55.4 Å². The summed E-state index contributed by atoms with van der Waals surface area (Å²) in [6, 6.07) is 19.2. The highest BCUT2D eigenvalue weighted by molar-refractivity contribution is 7.99. The Hall–Kier alpha value is -3.73. The van der Waals surface area contributed by atoms with Crippen LogP contribution < -0.4 is 10.9 Å². The maximum Gasteiger partial charge on any atom is 0.341 e. The number of hydrogen-bond acceptors (Lipinski definition) is 8. The van der Waals surface area contributed by atoms with E-state index in [-0.39, 0.29) is 17.2 Å². The van der Waals surface area contributed by atoms with E-state index in [1.165, 1.54) is 41.5 Å². The molecule has 5 aromatic rings. The number of anilines is 1. The third-order valence-electron chi connectivity index (χ3n) is 7.43. The van der Waals surface area contributed by atoms with Crippen LogP contribution in [0.15, 0.2) is 70.6 Å². The molecule has 10 heteroatoms. The van der Waals surface area contributed by atoms with Gasteiger partial charge in [-0.25, -0.2) is 9.78 Å². The lowest BCUT2D eigenvalue weighted by molar-refractivity contribution is -0.113. The van der Waals surface area contributed by atoms with Crippen LogP contribution in [0.2, 0.25) is 0 Å². The van der Waals surface area contributed by atoms with Gasteiger partial charge < -0.3 is 10.1 Å². The number of amides is 1. The predicted molar refractivity (Wildman–Crippen MR) is 172 cm³/mol. The summed E-state index contributed by atoms with van der Waals surface area (Å²) < 4.78 is 6.65. The van der Waals surface area contributed by atoms with Gasteiger partial charge in [0.15, 0.2) is 5.16 Å². The number of esters is 1. The Bertz CT molecular complexity index is 1860. The molecule has 7 nitrogen and oxygen atoms in total. The minimum atomic E-state index is -0.433. The number of hydrogen-bond donors (Lipinski definition) is 1. The largest absolute Gasteiger partial charge is 0.465 e. The number of nitrogens with zero attached hydrogens (tertiary/aromatic N) is 2. The summed E-state index contributed by atoms with van der Waals surface area (Å²) in [6.07, 6.45) is 2.67. The third-order valence-corrected chi connectivity index (χ3v) is 10.5. The molecule has 0 aliphatic heterocycles. The molecule has 0 radical (unpaired) electrons. The number of carbonyl (C=O) groups excluding carboxylic acids is 2. The topological polar surface area (TPSA) is 90.3 Å². The zero-order valence-corrected chi connectivity index (χ0v) is 25.9. The summed E-state index contributed by atoms with van der Waals surface area (Å²) >= 11 is 4.13. The summed E-state index contributed by atoms with van der Waals surface area (Å²) in [6.45, 7) is 4.20. The van der Waals surface area contributed by atoms with Crippen LogP contribution in [0.25, 0.3) is 27.0 Å². The number of nitrogens with one attached hydrogen (secondary N) is 1. The highest BCUT2D eigenvalue weighted by Gasteiger charge is 2.29. The van der Waals surface area contributed by atoms with E-state index in [2.05, 4.69) is 12.2 Å². The second kappa shape index (κ2) is 11.9. The van der Waals surface area contributed by atoms with Crippen molar-refractivity contribution in [2.24, 2.45) is 5.92 Å². The Balaban J connectivity index is 1.35. The summed E-state index contributed by atoms with van der Waals surface area (Å²) in [5.41, 5.74) is 3.81. The van der Waals surface area contributed by atoms with Crippen molar-refractivity contribution in [1.29, 1.82) is 0 Å². The Morgan fingerprint density at radius 3 is 2.52 bits per heavy atom. The predicted octanol–water partition coefficient (Wildman–Crippen LogP) is 7.13. The molecule has 42 heavy (non-hydrogen) atoms. The molecule has 6 rings (SSSR count). The number of carbonyl (C=O) groups is 2. The van der Waals surface area contributed by atoms with Gasteiger partial charge in [-0.1, -0.05) is 67.2 Å². The van der Waals surface area contributed by atoms with Gasteiger partial charge in [0.2, 0.25) is 5.91 Å². The minimum Gasteiger partial charge on any atom is -0.465 e. The number of thiophene rings is 2. The van der Waals surface area contributed by atoms with E-state index in [1.54, 1.807) is 4.57 Å². The van der Waals surface area contributed by atoms with E-state index in [0.717, 1.165) is 45.7 Å². The summed E-state index contributed by atoms with van der Waals surface area (Å²) in [5.74, 6) is -0.171. The number of benzene rings is 2. The van der Waals surface area contributed by atoms with Gasteiger partial charge in [-0.3, -0.25) is 14.2 Å². The first-order valence-corrected chi connectivity index (χ1v) is 16.3. The van der Waals surface area contributed by atoms with Crippen molar-refractivity contribution in [3.8, 4) is 16.8 Å². The molecule has 214 valence electrons. The van der Waals surface area contributed by atoms with E-state index in [9.17, 15) is 14.4 Å². The van der Waals surface area contributed by atoms with Gasteiger partial charge >= 0.3 is 5.97 Å². The second-order valence-corrected chi connectivity index (χ2v) is 13.6. The number of aromatic nitrogens is 2. The second-order valence-electron chi connectivity index (χ2n) is 10.3. The lowest BCUT2D eigenvalue weighted by Gasteiger charge is -2.18. The molecule has 2 aromatic carbocycles. The van der Waals surface area contributed by atoms with E-state index in [4.69, 9.17) is 9.72 Å². The van der Waals surface area contributed by atoms with Gasteiger partial charge in [0.05, 0.1) is 29.5 Å². The summed E-state index contributed by atoms with van der Waals surface area (Å²) in [7, 11) is 1.36. The Labute approximate surface area is 255 Å². The molecule has 0 fully saturated rings. The lowest BCUT2D eigenvalue weighted by Crippen LogP contribution is -2.23. The highest BCUT2D eigenvalue weighted by atomic mass is 32.2. The Morgan fingerprint density at radius 2 is 1.81 bits per heavy atom. The number of thioether (sulfide) groups is 1. The van der Waals surface area contributed by atoms with Crippen molar-refractivity contribution in [1.82, 2.24) is 9.55 Å². The van der Waals surface area contributed by atoms with Crippen LogP contribution in [0.4, 0.5) is 5.00 Å². The zero-order chi connectivity index (χ0) is 29.4. The minimum absolute atomic E-state index is 0.0141. The van der Waals surface area contributed by atoms with Crippen LogP contribution >= 0.6 is 34.4 Å². The van der Waals surface area contributed by atoms with Gasteiger partial charge in [0.1, 0.15) is 9.83 Å². The number of fused-ring (bicyclic) bond motifs is 2. The van der Waals surface area contributed by atoms with Crippen LogP contribution in [0.1, 0.15) is 39.0 Å². The molecule has 1 atom stereocenters. The smallest absolute Gasteiger partial charge is 0.341 e. The quantitative estimate of drug-likeness (QED) is 0.119. The maximum atomic E-state index is 14.2. The fourth-order valence-corrected chi connectivity index (χ4v) is 8.76. The van der Waals surface area contributed by atoms with E-state index >= 15 is 0 Å². The van der Waals surface area contributed by atoms with Crippen molar-refractivity contribution in [3.63, 3.8) is 0 Å². The van der Waals surface area contributed by atoms with Crippen LogP contribution in [0.5, 0.6) is 0 Å². The van der Waals surface area contributed by atoms with Gasteiger partial charge in [0.25, 0.3) is 5.56 Å². The van der Waals surface area contributed by atoms with Crippen LogP contribution in [-0.4, -0.2) is 34.3 Å². The first-order chi connectivity index (χ1) is 20.4. The average molecular weight is 616 g/mol. The number of methoxy groups -OCH3 is 1. The lowest BCUT2D eigenvalue weighted by atomic mass is 9.88. The molecule has 0 saturated carbocycles. The molecule has 0 bridgehead atoms. The van der Waals surface area contributed by atoms with Crippen molar-refractivity contribution < 1.29 is 14.3 Å². The van der Waals surface area contributed by atoms with Crippen molar-refractivity contribution >= 4 is 61.5 Å². The third kappa shape index (κ3) is 5.30. The molecular formula is C32H29N3O4S3. The average Bonchev–Trinajstić information content (AvgIpc) is 3.52. The number of ether oxygens (including phenoxy) is 1. The van der Waals surface area contributed by atoms with E-state index in [0.29, 0.717) is 37.5 Å². The van der Waals surface area contributed by atoms with E-state index in [1.807, 2.05) is 67.6 Å². The SMILES string of the molecule is COC(=O)c1c(NC(=O)CSc2nc3sc(C)c(-c4ccccc4)c3c(=O)n2-c2ccccc2)sc2c1CCC(C)C2. The van der Waals surface area contributed by atoms with Crippen LogP contribution in [-0.2, 0) is 22.4 Å². The molecule has 3 aromatic heterocycles. The van der Waals surface area contributed by atoms with Gasteiger partial charge in [-0.2, -0.15) is 0 Å². The van der Waals surface area contributed by atoms with Crippen molar-refractivity contribution in [2.75, 3.05) is 18.2 Å². The molecule has 1 aliphatic rings. The van der Waals surface area contributed by atoms with Crippen molar-refractivity contribution in [2.45, 2.75) is 38.3 Å². The fourth-order valence-electron chi connectivity index (χ4n) is 5.45. The maximum absolute atomic E-state index is 14.2. The fraction of sp³-hybridized carbons (Fsp3) is 0.250. The zero-order valence-electron chi connectivity index (χ0n) is 23.4. The number of para-hydroxylation sites is 1. The van der Waals surface area contributed by atoms with Gasteiger partial charge in [-0.15, -0.1) is 22.7 Å². The summed E-state index contributed by atoms with van der Waals surface area (Å²) in [4.78, 5) is 47.8. The molecule has 1 amide bonds. The Morgan fingerprint density at radius 1 is 1.10 bits per heavy atom. The normalized spacial score (nSPS) is 14.5. The van der Waals surface area contributed by atoms with Crippen LogP contribution in [0, 0.1) is 12.8 Å². The number of rotatable bonds is 7. The molecule has 0 saturated heterocycles. The van der Waals surface area contributed by atoms with E-state index < -0.39 is 5.97 Å². The Kier molecular flexibility index (Phi) is 8.02. The number of aryl methyl sites for hydroxylation is 1. The standard InChI is InChI=1S/C32H29N3O4S3/c1-18-14-15-22-23(16-18)42-28(26(22)31(38)39-3)33-24(36)17-40-32-34-29-27(30(37)35(32)21-12-8-5-9-13-21)25(19(2)41-29)20-10-6-4-7-11-20/h4-13,18H,14-17H2,1-3H3,(H,33,36). The van der Waals surface area contributed by atoms with Gasteiger partial charge in [0, 0.05) is 15.3 Å². The molecule has 3 heterocycles. The molecule has 1 N–H and O–H groups in total. The first kappa shape index (κ1) is 28.4. The molecule has 1 aliphatic carbocycles. The molecule has 0 spiro atoms. The first-order valence-electron chi connectivity index (χ1n) is 13.7. The van der Waals surface area contributed by atoms with Crippen LogP contribution in [0.3, 0.4) is 0 Å². The monoisotopic (exact) mass is 615 g/mol. The molecule has 1 unspecified atom stereocenters. The van der Waals surface area contributed by atoms with Crippen molar-refractivity contribution in [3.05, 3.63) is 91.9 Å². The highest BCUT2D eigenvalue weighted by Crippen LogP contribution is 2.40. The molecular weight excluding hydrogens is 587 g/mol. The summed E-state index contributed by atoms with van der Waals surface area (Å²) in [5, 5.41) is 4.49.